The van der Waals surface area contributed by atoms with Crippen LogP contribution in [0.5, 0.6) is 5.75 Å². The average Bonchev–Trinajstić information content (AvgIpc) is 2.19. The Morgan fingerprint density at radius 2 is 2.13 bits per heavy atom. The number of aryl methyl sites for hydroxylation is 2. The first-order valence-electron chi connectivity index (χ1n) is 5.05. The van der Waals surface area contributed by atoms with Gasteiger partial charge in [0.25, 0.3) is 0 Å². The zero-order chi connectivity index (χ0) is 11.4. The van der Waals surface area contributed by atoms with Gasteiger partial charge in [-0.1, -0.05) is 0 Å². The van der Waals surface area contributed by atoms with E-state index in [9.17, 15) is 4.39 Å². The summed E-state index contributed by atoms with van der Waals surface area (Å²) in [7, 11) is 1.57. The van der Waals surface area contributed by atoms with Crippen molar-refractivity contribution in [2.75, 3.05) is 7.11 Å². The Kier molecular flexibility index (Phi) is 4.09. The van der Waals surface area contributed by atoms with Crippen LogP contribution in [-0.4, -0.2) is 18.3 Å². The Hall–Kier alpha value is -1.09. The van der Waals surface area contributed by atoms with Gasteiger partial charge in [-0.15, -0.1) is 0 Å². The molecular weight excluding hydrogens is 195 g/mol. The van der Waals surface area contributed by atoms with E-state index in [-0.39, 0.29) is 11.9 Å². The number of hydrogen-bond acceptors (Lipinski definition) is 2. The Morgan fingerprint density at radius 3 is 2.67 bits per heavy atom. The minimum atomic E-state index is -0.376. The summed E-state index contributed by atoms with van der Waals surface area (Å²) >= 11 is 0. The molecule has 15 heavy (non-hydrogen) atoms. The molecule has 0 fully saturated rings. The number of aliphatic hydroxyl groups excluding tert-OH is 1. The quantitative estimate of drug-likeness (QED) is 0.830. The molecule has 3 heteroatoms. The lowest BCUT2D eigenvalue weighted by molar-refractivity contribution is 0.184. The average molecular weight is 212 g/mol. The fourth-order valence-electron chi connectivity index (χ4n) is 1.45. The highest BCUT2D eigenvalue weighted by Gasteiger charge is 2.08. The van der Waals surface area contributed by atoms with Gasteiger partial charge < -0.3 is 9.84 Å². The van der Waals surface area contributed by atoms with Gasteiger partial charge in [0, 0.05) is 0 Å². The second-order valence-electron chi connectivity index (χ2n) is 3.80. The van der Waals surface area contributed by atoms with E-state index in [0.29, 0.717) is 24.2 Å². The molecule has 0 heterocycles. The van der Waals surface area contributed by atoms with Crippen molar-refractivity contribution in [3.05, 3.63) is 29.1 Å². The third kappa shape index (κ3) is 3.20. The lowest BCUT2D eigenvalue weighted by Crippen LogP contribution is -2.03. The summed E-state index contributed by atoms with van der Waals surface area (Å²) in [5.74, 6) is 0.464. The summed E-state index contributed by atoms with van der Waals surface area (Å²) in [6.07, 6.45) is 0.857. The van der Waals surface area contributed by atoms with Crippen LogP contribution in [0.25, 0.3) is 0 Å². The molecule has 84 valence electrons. The van der Waals surface area contributed by atoms with Crippen molar-refractivity contribution in [3.63, 3.8) is 0 Å². The third-order valence-corrected chi connectivity index (χ3v) is 2.39. The number of ether oxygens (including phenoxy) is 1. The van der Waals surface area contributed by atoms with Gasteiger partial charge in [0.05, 0.1) is 13.2 Å². The maximum Gasteiger partial charge on any atom is 0.126 e. The van der Waals surface area contributed by atoms with Gasteiger partial charge in [-0.3, -0.25) is 0 Å². The van der Waals surface area contributed by atoms with Crippen LogP contribution in [0.2, 0.25) is 0 Å². The summed E-state index contributed by atoms with van der Waals surface area (Å²) < 4.78 is 18.5. The van der Waals surface area contributed by atoms with Crippen LogP contribution in [0.4, 0.5) is 4.39 Å². The monoisotopic (exact) mass is 212 g/mol. The zero-order valence-electron chi connectivity index (χ0n) is 9.38. The smallest absolute Gasteiger partial charge is 0.126 e. The molecule has 1 aromatic carbocycles. The van der Waals surface area contributed by atoms with Crippen LogP contribution in [0, 0.1) is 12.7 Å². The highest BCUT2D eigenvalue weighted by Crippen LogP contribution is 2.24. The normalized spacial score (nSPS) is 12.6. The van der Waals surface area contributed by atoms with Crippen molar-refractivity contribution in [2.24, 2.45) is 0 Å². The molecule has 0 saturated heterocycles. The Labute approximate surface area is 89.7 Å². The van der Waals surface area contributed by atoms with Gasteiger partial charge >= 0.3 is 0 Å². The van der Waals surface area contributed by atoms with Gasteiger partial charge in [0.1, 0.15) is 11.6 Å². The molecule has 1 aromatic rings. The topological polar surface area (TPSA) is 29.5 Å². The zero-order valence-corrected chi connectivity index (χ0v) is 9.38. The number of benzene rings is 1. The van der Waals surface area contributed by atoms with Crippen LogP contribution < -0.4 is 4.74 Å². The molecule has 1 rings (SSSR count). The van der Waals surface area contributed by atoms with Crippen LogP contribution in [-0.2, 0) is 6.42 Å². The van der Waals surface area contributed by atoms with Gasteiger partial charge in [-0.2, -0.15) is 0 Å². The SMILES string of the molecule is COc1cc(C)c(F)cc1CC[C@@H](C)O. The second-order valence-corrected chi connectivity index (χ2v) is 3.80. The molecule has 0 radical (unpaired) electrons. The lowest BCUT2D eigenvalue weighted by atomic mass is 10.0. The van der Waals surface area contributed by atoms with Gasteiger partial charge in [0.15, 0.2) is 0 Å². The van der Waals surface area contributed by atoms with Gasteiger partial charge in [-0.25, -0.2) is 4.39 Å². The number of hydrogen-bond donors (Lipinski definition) is 1. The first-order valence-corrected chi connectivity index (χ1v) is 5.05. The van der Waals surface area contributed by atoms with E-state index in [1.165, 1.54) is 6.07 Å². The number of rotatable bonds is 4. The van der Waals surface area contributed by atoms with E-state index in [1.807, 2.05) is 0 Å². The summed E-state index contributed by atoms with van der Waals surface area (Å²) in [6, 6.07) is 3.17. The summed E-state index contributed by atoms with van der Waals surface area (Å²) in [5, 5.41) is 9.17. The standard InChI is InChI=1S/C12H17FO2/c1-8-6-12(15-3)10(7-11(8)13)5-4-9(2)14/h6-7,9,14H,4-5H2,1-3H3/t9-/m1/s1. The molecular formula is C12H17FO2. The second kappa shape index (κ2) is 5.12. The molecule has 0 aliphatic heterocycles. The van der Waals surface area contributed by atoms with E-state index in [1.54, 1.807) is 27.0 Å². The van der Waals surface area contributed by atoms with Crippen LogP contribution in [0.15, 0.2) is 12.1 Å². The number of methoxy groups -OCH3 is 1. The molecule has 1 N–H and O–H groups in total. The first-order chi connectivity index (χ1) is 7.04. The minimum Gasteiger partial charge on any atom is -0.496 e. The van der Waals surface area contributed by atoms with E-state index in [4.69, 9.17) is 9.84 Å². The molecule has 1 atom stereocenters. The summed E-state index contributed by atoms with van der Waals surface area (Å²) in [4.78, 5) is 0. The van der Waals surface area contributed by atoms with Crippen molar-refractivity contribution in [1.29, 1.82) is 0 Å². The Morgan fingerprint density at radius 1 is 1.47 bits per heavy atom. The molecule has 0 bridgehead atoms. The molecule has 0 spiro atoms. The number of aliphatic hydroxyl groups is 1. The predicted octanol–water partition coefficient (Wildman–Crippen LogP) is 2.46. The van der Waals surface area contributed by atoms with E-state index in [0.717, 1.165) is 5.56 Å². The predicted molar refractivity (Wildman–Crippen MR) is 57.7 cm³/mol. The first kappa shape index (κ1) is 12.0. The summed E-state index contributed by atoms with van der Waals surface area (Å²) in [5.41, 5.74) is 1.38. The molecule has 0 unspecified atom stereocenters. The molecule has 0 amide bonds. The fourth-order valence-corrected chi connectivity index (χ4v) is 1.45. The number of halogens is 1. The van der Waals surface area contributed by atoms with Gasteiger partial charge in [-0.05, 0) is 49.9 Å². The van der Waals surface area contributed by atoms with Crippen LogP contribution >= 0.6 is 0 Å². The van der Waals surface area contributed by atoms with Crippen molar-refractivity contribution < 1.29 is 14.2 Å². The maximum absolute atomic E-state index is 13.3. The maximum atomic E-state index is 13.3. The lowest BCUT2D eigenvalue weighted by Gasteiger charge is -2.11. The minimum absolute atomic E-state index is 0.226. The molecule has 2 nitrogen and oxygen atoms in total. The third-order valence-electron chi connectivity index (χ3n) is 2.39. The molecule has 0 aliphatic carbocycles. The Balaban J connectivity index is 2.89. The molecule has 0 aliphatic rings. The fraction of sp³-hybridized carbons (Fsp3) is 0.500. The van der Waals surface area contributed by atoms with Crippen molar-refractivity contribution in [2.45, 2.75) is 32.8 Å². The van der Waals surface area contributed by atoms with Crippen molar-refractivity contribution in [1.82, 2.24) is 0 Å². The largest absolute Gasteiger partial charge is 0.496 e. The van der Waals surface area contributed by atoms with Crippen molar-refractivity contribution >= 4 is 0 Å². The van der Waals surface area contributed by atoms with Crippen LogP contribution in [0.1, 0.15) is 24.5 Å². The van der Waals surface area contributed by atoms with E-state index < -0.39 is 0 Å². The molecule has 0 saturated carbocycles. The van der Waals surface area contributed by atoms with E-state index >= 15 is 0 Å². The molecule has 0 aromatic heterocycles. The highest BCUT2D eigenvalue weighted by atomic mass is 19.1. The Bertz CT molecular complexity index is 335. The van der Waals surface area contributed by atoms with Crippen LogP contribution in [0.3, 0.4) is 0 Å². The van der Waals surface area contributed by atoms with E-state index in [2.05, 4.69) is 0 Å². The highest BCUT2D eigenvalue weighted by molar-refractivity contribution is 5.38. The van der Waals surface area contributed by atoms with Gasteiger partial charge in [0.2, 0.25) is 0 Å². The summed E-state index contributed by atoms with van der Waals surface area (Å²) in [6.45, 7) is 3.42. The van der Waals surface area contributed by atoms with Crippen molar-refractivity contribution in [3.8, 4) is 5.75 Å².